The standard InChI is InChI=1S/C19H23FN2O4/c1-21-18(24)17(3-2-6-23)22-11-16-14(12-4-7-26-8-5-12)9-13(20)10-15(16)19(22)25/h6,9-10,12,17H,2-5,7-8,11H2,1H3,(H,21,24). The lowest BCUT2D eigenvalue weighted by atomic mass is 9.87. The summed E-state index contributed by atoms with van der Waals surface area (Å²) in [5, 5.41) is 2.55. The average Bonchev–Trinajstić information content (AvgIpc) is 2.98. The van der Waals surface area contributed by atoms with Crippen LogP contribution in [0.1, 0.15) is 53.1 Å². The van der Waals surface area contributed by atoms with Crippen LogP contribution in [0.15, 0.2) is 12.1 Å². The van der Waals surface area contributed by atoms with Crippen LogP contribution in [0, 0.1) is 5.82 Å². The molecule has 2 aliphatic heterocycles. The van der Waals surface area contributed by atoms with Crippen molar-refractivity contribution in [3.05, 3.63) is 34.6 Å². The Kier molecular flexibility index (Phi) is 5.66. The van der Waals surface area contributed by atoms with Gasteiger partial charge in [0, 0.05) is 38.8 Å². The molecule has 1 aromatic carbocycles. The lowest BCUT2D eigenvalue weighted by Gasteiger charge is -2.27. The molecule has 1 aromatic rings. The van der Waals surface area contributed by atoms with Crippen LogP contribution in [-0.2, 0) is 20.9 Å². The molecular formula is C19H23FN2O4. The van der Waals surface area contributed by atoms with Gasteiger partial charge in [-0.05, 0) is 48.4 Å². The number of carbonyl (C=O) groups excluding carboxylic acids is 3. The molecule has 140 valence electrons. The van der Waals surface area contributed by atoms with Gasteiger partial charge in [-0.3, -0.25) is 9.59 Å². The van der Waals surface area contributed by atoms with E-state index in [9.17, 15) is 18.8 Å². The van der Waals surface area contributed by atoms with Crippen molar-refractivity contribution < 1.29 is 23.5 Å². The minimum absolute atomic E-state index is 0.148. The Hall–Kier alpha value is -2.28. The van der Waals surface area contributed by atoms with Gasteiger partial charge < -0.3 is 19.7 Å². The van der Waals surface area contributed by atoms with E-state index in [4.69, 9.17) is 4.74 Å². The van der Waals surface area contributed by atoms with E-state index in [0.717, 1.165) is 30.3 Å². The molecule has 2 heterocycles. The van der Waals surface area contributed by atoms with E-state index in [1.54, 1.807) is 0 Å². The zero-order valence-electron chi connectivity index (χ0n) is 14.8. The van der Waals surface area contributed by atoms with Gasteiger partial charge in [-0.25, -0.2) is 4.39 Å². The normalized spacial score (nSPS) is 18.5. The predicted molar refractivity (Wildman–Crippen MR) is 92.2 cm³/mol. The summed E-state index contributed by atoms with van der Waals surface area (Å²) < 4.78 is 19.6. The minimum Gasteiger partial charge on any atom is -0.381 e. The van der Waals surface area contributed by atoms with E-state index < -0.39 is 11.9 Å². The highest BCUT2D eigenvalue weighted by Crippen LogP contribution is 2.37. The number of ether oxygens (including phenoxy) is 1. The number of nitrogens with one attached hydrogen (secondary N) is 1. The van der Waals surface area contributed by atoms with Crippen LogP contribution in [0.2, 0.25) is 0 Å². The number of hydrogen-bond donors (Lipinski definition) is 1. The third kappa shape index (κ3) is 3.49. The number of halogens is 1. The SMILES string of the molecule is CNC(=O)C(CCC=O)N1Cc2c(cc(F)cc2C2CCOCC2)C1=O. The number of hydrogen-bond acceptors (Lipinski definition) is 4. The molecule has 1 atom stereocenters. The van der Waals surface area contributed by atoms with Gasteiger partial charge >= 0.3 is 0 Å². The van der Waals surface area contributed by atoms with Crippen LogP contribution < -0.4 is 5.32 Å². The Morgan fingerprint density at radius 3 is 2.81 bits per heavy atom. The maximum Gasteiger partial charge on any atom is 0.255 e. The quantitative estimate of drug-likeness (QED) is 0.783. The minimum atomic E-state index is -0.740. The van der Waals surface area contributed by atoms with Crippen molar-refractivity contribution in [3.8, 4) is 0 Å². The van der Waals surface area contributed by atoms with Gasteiger partial charge in [0.15, 0.2) is 0 Å². The monoisotopic (exact) mass is 362 g/mol. The highest BCUT2D eigenvalue weighted by molar-refractivity contribution is 6.01. The van der Waals surface area contributed by atoms with Gasteiger partial charge in [0.2, 0.25) is 5.91 Å². The lowest BCUT2D eigenvalue weighted by molar-refractivity contribution is -0.125. The number of nitrogens with zero attached hydrogens (tertiary/aromatic N) is 1. The summed E-state index contributed by atoms with van der Waals surface area (Å²) >= 11 is 0. The Morgan fingerprint density at radius 2 is 2.15 bits per heavy atom. The van der Waals surface area contributed by atoms with Crippen molar-refractivity contribution in [1.29, 1.82) is 0 Å². The molecule has 26 heavy (non-hydrogen) atoms. The van der Waals surface area contributed by atoms with Gasteiger partial charge in [-0.1, -0.05) is 0 Å². The third-order valence-electron chi connectivity index (χ3n) is 5.21. The van der Waals surface area contributed by atoms with Crippen molar-refractivity contribution in [3.63, 3.8) is 0 Å². The number of rotatable bonds is 6. The highest BCUT2D eigenvalue weighted by Gasteiger charge is 2.38. The number of amides is 2. The molecule has 6 nitrogen and oxygen atoms in total. The molecule has 1 saturated heterocycles. The molecule has 1 fully saturated rings. The molecule has 0 aromatic heterocycles. The lowest BCUT2D eigenvalue weighted by Crippen LogP contribution is -2.46. The first-order chi connectivity index (χ1) is 12.6. The van der Waals surface area contributed by atoms with E-state index in [1.165, 1.54) is 24.1 Å². The Morgan fingerprint density at radius 1 is 1.42 bits per heavy atom. The van der Waals surface area contributed by atoms with Crippen LogP contribution >= 0.6 is 0 Å². The molecule has 0 aliphatic carbocycles. The van der Waals surface area contributed by atoms with E-state index in [1.807, 2.05) is 0 Å². The van der Waals surface area contributed by atoms with Crippen LogP contribution in [-0.4, -0.2) is 49.3 Å². The smallest absolute Gasteiger partial charge is 0.255 e. The molecule has 1 unspecified atom stereocenters. The summed E-state index contributed by atoms with van der Waals surface area (Å²) in [6, 6.07) is 2.02. The average molecular weight is 362 g/mol. The van der Waals surface area contributed by atoms with Gasteiger partial charge in [0.05, 0.1) is 0 Å². The highest BCUT2D eigenvalue weighted by atomic mass is 19.1. The predicted octanol–water partition coefficient (Wildman–Crippen LogP) is 1.77. The molecule has 0 spiro atoms. The molecule has 1 N–H and O–H groups in total. The van der Waals surface area contributed by atoms with Gasteiger partial charge in [-0.15, -0.1) is 0 Å². The topological polar surface area (TPSA) is 75.7 Å². The van der Waals surface area contributed by atoms with Gasteiger partial charge in [0.1, 0.15) is 18.1 Å². The maximum absolute atomic E-state index is 14.2. The zero-order valence-corrected chi connectivity index (χ0v) is 14.8. The first kappa shape index (κ1) is 18.5. The molecular weight excluding hydrogens is 339 g/mol. The largest absolute Gasteiger partial charge is 0.381 e. The summed E-state index contributed by atoms with van der Waals surface area (Å²) in [7, 11) is 1.50. The van der Waals surface area contributed by atoms with E-state index in [-0.39, 0.29) is 37.1 Å². The van der Waals surface area contributed by atoms with Crippen molar-refractivity contribution in [2.45, 2.75) is 44.2 Å². The number of benzene rings is 1. The molecule has 0 bridgehead atoms. The summed E-state index contributed by atoms with van der Waals surface area (Å²) in [6.07, 6.45) is 2.73. The van der Waals surface area contributed by atoms with Crippen LogP contribution in [0.5, 0.6) is 0 Å². The fourth-order valence-corrected chi connectivity index (χ4v) is 3.87. The molecule has 3 rings (SSSR count). The van der Waals surface area contributed by atoms with Gasteiger partial charge in [-0.2, -0.15) is 0 Å². The van der Waals surface area contributed by atoms with E-state index in [2.05, 4.69) is 5.32 Å². The fraction of sp³-hybridized carbons (Fsp3) is 0.526. The van der Waals surface area contributed by atoms with Gasteiger partial charge in [0.25, 0.3) is 5.91 Å². The van der Waals surface area contributed by atoms with Crippen molar-refractivity contribution in [1.82, 2.24) is 10.2 Å². The first-order valence-corrected chi connectivity index (χ1v) is 8.93. The number of carbonyl (C=O) groups is 3. The van der Waals surface area contributed by atoms with Crippen molar-refractivity contribution >= 4 is 18.1 Å². The second-order valence-electron chi connectivity index (χ2n) is 6.71. The first-order valence-electron chi connectivity index (χ1n) is 8.93. The van der Waals surface area contributed by atoms with Crippen LogP contribution in [0.3, 0.4) is 0 Å². The third-order valence-corrected chi connectivity index (χ3v) is 5.21. The molecule has 2 aliphatic rings. The second kappa shape index (κ2) is 7.95. The zero-order chi connectivity index (χ0) is 18.7. The Labute approximate surface area is 151 Å². The Balaban J connectivity index is 1.94. The number of likely N-dealkylation sites (N-methyl/N-ethyl adjacent to an activating group) is 1. The van der Waals surface area contributed by atoms with Crippen LogP contribution in [0.4, 0.5) is 4.39 Å². The maximum atomic E-state index is 14.2. The molecule has 7 heteroatoms. The fourth-order valence-electron chi connectivity index (χ4n) is 3.87. The van der Waals surface area contributed by atoms with Crippen molar-refractivity contribution in [2.24, 2.45) is 0 Å². The number of aldehydes is 1. The summed E-state index contributed by atoms with van der Waals surface area (Å²) in [6.45, 7) is 1.50. The Bertz CT molecular complexity index is 716. The van der Waals surface area contributed by atoms with E-state index >= 15 is 0 Å². The van der Waals surface area contributed by atoms with E-state index in [0.29, 0.717) is 18.8 Å². The molecule has 2 amide bonds. The molecule has 0 saturated carbocycles. The number of fused-ring (bicyclic) bond motifs is 1. The van der Waals surface area contributed by atoms with Crippen molar-refractivity contribution in [2.75, 3.05) is 20.3 Å². The summed E-state index contributed by atoms with van der Waals surface area (Å²) in [5.41, 5.74) is 1.96. The summed E-state index contributed by atoms with van der Waals surface area (Å²) in [5.74, 6) is -0.965. The second-order valence-corrected chi connectivity index (χ2v) is 6.71. The van der Waals surface area contributed by atoms with Crippen LogP contribution in [0.25, 0.3) is 0 Å². The molecule has 0 radical (unpaired) electrons. The summed E-state index contributed by atoms with van der Waals surface area (Å²) in [4.78, 5) is 37.3.